The molecule has 1 N–H and O–H groups in total. The predicted molar refractivity (Wildman–Crippen MR) is 153 cm³/mol. The Balaban J connectivity index is 1.60. The van der Waals surface area contributed by atoms with Crippen LogP contribution in [0.1, 0.15) is 63.5 Å². The van der Waals surface area contributed by atoms with Crippen molar-refractivity contribution in [3.63, 3.8) is 0 Å². The first-order chi connectivity index (χ1) is 17.2. The lowest BCUT2D eigenvalue weighted by Crippen LogP contribution is -2.42. The number of likely N-dealkylation sites (N-methyl/N-ethyl adjacent to an activating group) is 1. The number of benzene rings is 2. The van der Waals surface area contributed by atoms with Gasteiger partial charge < -0.3 is 19.9 Å². The van der Waals surface area contributed by atoms with Crippen molar-refractivity contribution >= 4 is 34.3 Å². The summed E-state index contributed by atoms with van der Waals surface area (Å²) in [5, 5.41) is 4.26. The Bertz CT molecular complexity index is 1300. The Labute approximate surface area is 219 Å². The zero-order valence-corrected chi connectivity index (χ0v) is 22.6. The van der Waals surface area contributed by atoms with E-state index in [1.165, 1.54) is 22.4 Å². The molecule has 0 amide bonds. The number of thiocarbonyl (C=S) groups is 1. The Morgan fingerprint density at radius 3 is 2.47 bits per heavy atom. The standard InChI is InChI=1S/C30H34N4OS/c1-19(2)35-23-13-11-22(12-14-23)34-28(27(32-29(34)36)25-9-7-8-16-31-25)21-10-15-26-24(17-21)20(3)18-30(4,5)33(26)6/h7-19,27-28H,1-6H3,(H,32,36)/t27-,28-/m1/s1. The minimum absolute atomic E-state index is 0.0303. The van der Waals surface area contributed by atoms with Crippen LogP contribution in [-0.2, 0) is 0 Å². The third-order valence-corrected chi connectivity index (χ3v) is 7.48. The van der Waals surface area contributed by atoms with Gasteiger partial charge in [-0.15, -0.1) is 0 Å². The maximum Gasteiger partial charge on any atom is 0.174 e. The van der Waals surface area contributed by atoms with Gasteiger partial charge in [0.15, 0.2) is 5.11 Å². The molecule has 2 aliphatic rings. The van der Waals surface area contributed by atoms with Crippen molar-refractivity contribution in [2.45, 2.75) is 58.3 Å². The van der Waals surface area contributed by atoms with E-state index in [-0.39, 0.29) is 23.7 Å². The zero-order valence-electron chi connectivity index (χ0n) is 21.8. The summed E-state index contributed by atoms with van der Waals surface area (Å²) < 4.78 is 5.87. The van der Waals surface area contributed by atoms with Gasteiger partial charge in [0.05, 0.1) is 29.4 Å². The monoisotopic (exact) mass is 498 g/mol. The lowest BCUT2D eigenvalue weighted by Gasteiger charge is -2.41. The minimum Gasteiger partial charge on any atom is -0.491 e. The topological polar surface area (TPSA) is 40.6 Å². The molecule has 0 aliphatic carbocycles. The van der Waals surface area contributed by atoms with Crippen LogP contribution in [0.2, 0.25) is 0 Å². The van der Waals surface area contributed by atoms with E-state index in [1.807, 2.05) is 44.3 Å². The van der Waals surface area contributed by atoms with Crippen LogP contribution in [0.25, 0.3) is 5.57 Å². The maximum absolute atomic E-state index is 5.91. The van der Waals surface area contributed by atoms with Gasteiger partial charge in [-0.2, -0.15) is 0 Å². The Kier molecular flexibility index (Phi) is 6.25. The summed E-state index contributed by atoms with van der Waals surface area (Å²) in [6.07, 6.45) is 4.31. The molecular formula is C30H34N4OS. The van der Waals surface area contributed by atoms with Crippen LogP contribution in [0.5, 0.6) is 5.75 Å². The van der Waals surface area contributed by atoms with Gasteiger partial charge in [0.25, 0.3) is 0 Å². The van der Waals surface area contributed by atoms with E-state index < -0.39 is 0 Å². The van der Waals surface area contributed by atoms with Gasteiger partial charge in [-0.3, -0.25) is 4.98 Å². The highest BCUT2D eigenvalue weighted by Gasteiger charge is 2.41. The molecule has 1 saturated heterocycles. The highest BCUT2D eigenvalue weighted by Crippen LogP contribution is 2.45. The molecule has 6 heteroatoms. The van der Waals surface area contributed by atoms with Crippen molar-refractivity contribution in [3.05, 3.63) is 89.8 Å². The van der Waals surface area contributed by atoms with E-state index in [2.05, 4.69) is 85.4 Å². The number of nitrogens with one attached hydrogen (secondary N) is 1. The van der Waals surface area contributed by atoms with Crippen molar-refractivity contribution in [2.24, 2.45) is 0 Å². The van der Waals surface area contributed by atoms with Gasteiger partial charge in [-0.25, -0.2) is 0 Å². The molecule has 36 heavy (non-hydrogen) atoms. The van der Waals surface area contributed by atoms with Crippen LogP contribution in [-0.4, -0.2) is 28.8 Å². The summed E-state index contributed by atoms with van der Waals surface area (Å²) in [7, 11) is 2.16. The number of nitrogens with zero attached hydrogens (tertiary/aromatic N) is 3. The number of hydrogen-bond acceptors (Lipinski definition) is 4. The number of aromatic nitrogens is 1. The number of hydrogen-bond donors (Lipinski definition) is 1. The smallest absolute Gasteiger partial charge is 0.174 e. The third kappa shape index (κ3) is 4.35. The molecule has 0 spiro atoms. The highest BCUT2D eigenvalue weighted by atomic mass is 32.1. The molecule has 1 aromatic heterocycles. The van der Waals surface area contributed by atoms with Gasteiger partial charge in [0.2, 0.25) is 0 Å². The van der Waals surface area contributed by atoms with Gasteiger partial charge >= 0.3 is 0 Å². The lowest BCUT2D eigenvalue weighted by molar-refractivity contribution is 0.242. The molecule has 0 saturated carbocycles. The van der Waals surface area contributed by atoms with Crippen molar-refractivity contribution in [1.29, 1.82) is 0 Å². The van der Waals surface area contributed by atoms with Gasteiger partial charge in [-0.1, -0.05) is 18.2 Å². The van der Waals surface area contributed by atoms with Crippen LogP contribution < -0.4 is 19.9 Å². The number of pyridine rings is 1. The van der Waals surface area contributed by atoms with Crippen molar-refractivity contribution in [3.8, 4) is 5.75 Å². The van der Waals surface area contributed by atoms with Crippen LogP contribution in [0.4, 0.5) is 11.4 Å². The number of fused-ring (bicyclic) bond motifs is 1. The van der Waals surface area contributed by atoms with Crippen LogP contribution >= 0.6 is 12.2 Å². The molecule has 5 nitrogen and oxygen atoms in total. The normalized spacial score (nSPS) is 20.8. The van der Waals surface area contributed by atoms with E-state index in [4.69, 9.17) is 21.9 Å². The number of rotatable bonds is 5. The van der Waals surface area contributed by atoms with Crippen LogP contribution in [0.15, 0.2) is 72.9 Å². The molecular weight excluding hydrogens is 464 g/mol. The minimum atomic E-state index is -0.0783. The second-order valence-corrected chi connectivity index (χ2v) is 10.9. The molecule has 0 radical (unpaired) electrons. The third-order valence-electron chi connectivity index (χ3n) is 7.17. The average Bonchev–Trinajstić information content (AvgIpc) is 3.20. The largest absolute Gasteiger partial charge is 0.491 e. The maximum atomic E-state index is 5.91. The second-order valence-electron chi connectivity index (χ2n) is 10.5. The van der Waals surface area contributed by atoms with Crippen LogP contribution in [0, 0.1) is 0 Å². The van der Waals surface area contributed by atoms with Gasteiger partial charge in [-0.05, 0) is 107 Å². The van der Waals surface area contributed by atoms with E-state index in [0.717, 1.165) is 17.1 Å². The molecule has 2 atom stereocenters. The van der Waals surface area contributed by atoms with Crippen molar-refractivity contribution in [2.75, 3.05) is 16.8 Å². The molecule has 0 unspecified atom stereocenters. The number of anilines is 2. The summed E-state index contributed by atoms with van der Waals surface area (Å²) in [5.41, 5.74) is 6.95. The quantitative estimate of drug-likeness (QED) is 0.396. The highest BCUT2D eigenvalue weighted by molar-refractivity contribution is 7.80. The molecule has 2 aliphatic heterocycles. The molecule has 186 valence electrons. The molecule has 3 aromatic rings. The van der Waals surface area contributed by atoms with Crippen molar-refractivity contribution < 1.29 is 4.74 Å². The van der Waals surface area contributed by atoms with Gasteiger partial charge in [0, 0.05) is 30.2 Å². The number of allylic oxidation sites excluding steroid dienone is 1. The lowest BCUT2D eigenvalue weighted by atomic mass is 9.86. The van der Waals surface area contributed by atoms with Gasteiger partial charge in [0.1, 0.15) is 5.75 Å². The fourth-order valence-corrected chi connectivity index (χ4v) is 5.64. The molecule has 3 heterocycles. The average molecular weight is 499 g/mol. The Hall–Kier alpha value is -3.38. The summed E-state index contributed by atoms with van der Waals surface area (Å²) in [4.78, 5) is 9.25. The molecule has 0 bridgehead atoms. The van der Waals surface area contributed by atoms with Crippen molar-refractivity contribution in [1.82, 2.24) is 10.3 Å². The fourth-order valence-electron chi connectivity index (χ4n) is 5.29. The second kappa shape index (κ2) is 9.25. The molecule has 2 aromatic carbocycles. The first-order valence-electron chi connectivity index (χ1n) is 12.5. The molecule has 1 fully saturated rings. The van der Waals surface area contributed by atoms with Crippen LogP contribution in [0.3, 0.4) is 0 Å². The summed E-state index contributed by atoms with van der Waals surface area (Å²) in [5.74, 6) is 0.852. The summed E-state index contributed by atoms with van der Waals surface area (Å²) >= 11 is 5.91. The van der Waals surface area contributed by atoms with E-state index >= 15 is 0 Å². The zero-order chi connectivity index (χ0) is 25.6. The van der Waals surface area contributed by atoms with E-state index in [0.29, 0.717) is 5.11 Å². The molecule has 5 rings (SSSR count). The van der Waals surface area contributed by atoms with E-state index in [9.17, 15) is 0 Å². The first kappa shape index (κ1) is 24.3. The number of ether oxygens (including phenoxy) is 1. The SMILES string of the molecule is CC1=CC(C)(C)N(C)c2ccc([C@@H]3[C@@H](c4ccccn4)NC(=S)N3c3ccc(OC(C)C)cc3)cc21. The first-order valence-corrected chi connectivity index (χ1v) is 12.9. The summed E-state index contributed by atoms with van der Waals surface area (Å²) in [6.45, 7) is 10.8. The predicted octanol–water partition coefficient (Wildman–Crippen LogP) is 6.68. The summed E-state index contributed by atoms with van der Waals surface area (Å²) in [6, 6.07) is 20.9. The Morgan fingerprint density at radius 2 is 1.81 bits per heavy atom. The Morgan fingerprint density at radius 1 is 1.06 bits per heavy atom. The van der Waals surface area contributed by atoms with E-state index in [1.54, 1.807) is 0 Å². The fraction of sp³-hybridized carbons (Fsp3) is 0.333.